The average molecular weight is 456 g/mol. The lowest BCUT2D eigenvalue weighted by Crippen LogP contribution is -2.32. The maximum absolute atomic E-state index is 11.0. The molecule has 0 saturated heterocycles. The van der Waals surface area contributed by atoms with E-state index in [9.17, 15) is 4.79 Å². The van der Waals surface area contributed by atoms with Gasteiger partial charge in [-0.15, -0.1) is 0 Å². The number of hydrogen-bond donors (Lipinski definition) is 2. The van der Waals surface area contributed by atoms with Gasteiger partial charge in [-0.3, -0.25) is 4.79 Å². The molecule has 7 heteroatoms. The van der Waals surface area contributed by atoms with Crippen molar-refractivity contribution in [3.05, 3.63) is 87.9 Å². The first kappa shape index (κ1) is 21.2. The number of hydrogen-bond acceptors (Lipinski definition) is 4. The molecule has 31 heavy (non-hydrogen) atoms. The standard InChI is InChI=1S/C24H19Cl2NO4/c25-18-9-14(11-20(27)24(28)29)10-19(26)23(18)30-13-17-8-4-7-16-12-21(31-22(16)17)15-5-2-1-3-6-15/h1-10,12,20H,11,13,27H2,(H,28,29)/t20-/m0/s1. The predicted octanol–water partition coefficient (Wildman–Crippen LogP) is 5.94. The van der Waals surface area contributed by atoms with E-state index < -0.39 is 12.0 Å². The zero-order chi connectivity index (χ0) is 22.0. The minimum absolute atomic E-state index is 0.114. The third-order valence-corrected chi connectivity index (χ3v) is 5.45. The van der Waals surface area contributed by atoms with Crippen LogP contribution < -0.4 is 10.5 Å². The van der Waals surface area contributed by atoms with Crippen LogP contribution in [-0.2, 0) is 17.8 Å². The number of rotatable bonds is 7. The van der Waals surface area contributed by atoms with Crippen LogP contribution in [0.3, 0.4) is 0 Å². The van der Waals surface area contributed by atoms with Crippen LogP contribution in [0.25, 0.3) is 22.3 Å². The van der Waals surface area contributed by atoms with Crippen molar-refractivity contribution in [3.63, 3.8) is 0 Å². The number of aliphatic carboxylic acids is 1. The molecule has 0 unspecified atom stereocenters. The van der Waals surface area contributed by atoms with Gasteiger partial charge in [0.05, 0.1) is 10.0 Å². The van der Waals surface area contributed by atoms with E-state index >= 15 is 0 Å². The van der Waals surface area contributed by atoms with Crippen LogP contribution >= 0.6 is 23.2 Å². The van der Waals surface area contributed by atoms with Crippen molar-refractivity contribution in [2.24, 2.45) is 5.73 Å². The van der Waals surface area contributed by atoms with Gasteiger partial charge in [0.2, 0.25) is 0 Å². The van der Waals surface area contributed by atoms with Crippen LogP contribution in [0.2, 0.25) is 10.0 Å². The quantitative estimate of drug-likeness (QED) is 0.360. The van der Waals surface area contributed by atoms with Gasteiger partial charge in [0.25, 0.3) is 0 Å². The number of carboxylic acids is 1. The second-order valence-corrected chi connectivity index (χ2v) is 7.95. The Morgan fingerprint density at radius 1 is 1.03 bits per heavy atom. The van der Waals surface area contributed by atoms with Crippen molar-refractivity contribution in [1.29, 1.82) is 0 Å². The van der Waals surface area contributed by atoms with E-state index in [4.69, 9.17) is 43.2 Å². The smallest absolute Gasteiger partial charge is 0.320 e. The molecule has 0 aliphatic heterocycles. The molecule has 1 atom stereocenters. The van der Waals surface area contributed by atoms with E-state index in [1.807, 2.05) is 54.6 Å². The Morgan fingerprint density at radius 2 is 1.74 bits per heavy atom. The van der Waals surface area contributed by atoms with E-state index in [-0.39, 0.29) is 23.1 Å². The monoisotopic (exact) mass is 455 g/mol. The van der Waals surface area contributed by atoms with Gasteiger partial charge in [-0.1, -0.05) is 71.7 Å². The molecule has 0 aliphatic carbocycles. The zero-order valence-corrected chi connectivity index (χ0v) is 17.9. The molecule has 0 fully saturated rings. The summed E-state index contributed by atoms with van der Waals surface area (Å²) in [4.78, 5) is 11.0. The van der Waals surface area contributed by atoms with Crippen molar-refractivity contribution in [2.75, 3.05) is 0 Å². The van der Waals surface area contributed by atoms with Gasteiger partial charge in [-0.2, -0.15) is 0 Å². The third-order valence-electron chi connectivity index (χ3n) is 4.89. The molecule has 3 aromatic carbocycles. The minimum atomic E-state index is -1.09. The lowest BCUT2D eigenvalue weighted by atomic mass is 10.1. The summed E-state index contributed by atoms with van der Waals surface area (Å²) in [6.07, 6.45) is 0.114. The van der Waals surface area contributed by atoms with Crippen LogP contribution in [0.1, 0.15) is 11.1 Å². The van der Waals surface area contributed by atoms with Crippen molar-refractivity contribution >= 4 is 40.1 Å². The number of nitrogens with two attached hydrogens (primary N) is 1. The molecular formula is C24H19Cl2NO4. The molecule has 0 amide bonds. The van der Waals surface area contributed by atoms with Crippen molar-refractivity contribution in [1.82, 2.24) is 0 Å². The number of carbonyl (C=O) groups is 1. The maximum atomic E-state index is 11.0. The van der Waals surface area contributed by atoms with E-state index in [2.05, 4.69) is 0 Å². The molecule has 0 radical (unpaired) electrons. The van der Waals surface area contributed by atoms with Gasteiger partial charge in [-0.25, -0.2) is 0 Å². The summed E-state index contributed by atoms with van der Waals surface area (Å²) in [5.41, 5.74) is 8.79. The molecule has 1 heterocycles. The lowest BCUT2D eigenvalue weighted by Gasteiger charge is -2.13. The fourth-order valence-corrected chi connectivity index (χ4v) is 3.98. The van der Waals surface area contributed by atoms with Crippen molar-refractivity contribution in [3.8, 4) is 17.1 Å². The summed E-state index contributed by atoms with van der Waals surface area (Å²) >= 11 is 12.7. The van der Waals surface area contributed by atoms with E-state index in [0.29, 0.717) is 11.3 Å². The highest BCUT2D eigenvalue weighted by atomic mass is 35.5. The number of benzene rings is 3. The molecule has 0 spiro atoms. The van der Waals surface area contributed by atoms with Gasteiger partial charge in [-0.05, 0) is 30.2 Å². The molecule has 5 nitrogen and oxygen atoms in total. The van der Waals surface area contributed by atoms with Crippen LogP contribution in [0.5, 0.6) is 5.75 Å². The summed E-state index contributed by atoms with van der Waals surface area (Å²) in [5.74, 6) is 0.00930. The summed E-state index contributed by atoms with van der Waals surface area (Å²) in [6, 6.07) is 19.9. The highest BCUT2D eigenvalue weighted by molar-refractivity contribution is 6.37. The number of fused-ring (bicyclic) bond motifs is 1. The lowest BCUT2D eigenvalue weighted by molar-refractivity contribution is -0.138. The number of furan rings is 1. The van der Waals surface area contributed by atoms with Crippen LogP contribution in [-0.4, -0.2) is 17.1 Å². The molecule has 1 aromatic heterocycles. The Bertz CT molecular complexity index is 1210. The first-order chi connectivity index (χ1) is 14.9. The SMILES string of the molecule is N[C@@H](Cc1cc(Cl)c(OCc2cccc3cc(-c4ccccc4)oc23)c(Cl)c1)C(=O)O. The van der Waals surface area contributed by atoms with E-state index in [1.54, 1.807) is 12.1 Å². The summed E-state index contributed by atoms with van der Waals surface area (Å²) in [6.45, 7) is 0.201. The molecule has 4 rings (SSSR count). The summed E-state index contributed by atoms with van der Waals surface area (Å²) in [5, 5.41) is 10.5. The Morgan fingerprint density at radius 3 is 2.42 bits per heavy atom. The topological polar surface area (TPSA) is 85.7 Å². The molecule has 3 N–H and O–H groups in total. The van der Waals surface area contributed by atoms with Crippen molar-refractivity contribution < 1.29 is 19.1 Å². The van der Waals surface area contributed by atoms with E-state index in [0.717, 1.165) is 27.9 Å². The third kappa shape index (κ3) is 4.69. The highest BCUT2D eigenvalue weighted by Crippen LogP contribution is 2.36. The first-order valence-electron chi connectivity index (χ1n) is 9.58. The van der Waals surface area contributed by atoms with Crippen LogP contribution in [0.4, 0.5) is 0 Å². The molecule has 0 saturated carbocycles. The van der Waals surface area contributed by atoms with Gasteiger partial charge >= 0.3 is 5.97 Å². The second kappa shape index (κ2) is 9.02. The maximum Gasteiger partial charge on any atom is 0.320 e. The summed E-state index contributed by atoms with van der Waals surface area (Å²) < 4.78 is 12.0. The Balaban J connectivity index is 1.57. The minimum Gasteiger partial charge on any atom is -0.486 e. The van der Waals surface area contributed by atoms with Crippen LogP contribution in [0.15, 0.2) is 71.1 Å². The normalized spacial score (nSPS) is 12.1. The van der Waals surface area contributed by atoms with Gasteiger partial charge < -0.3 is 20.0 Å². The fourth-order valence-electron chi connectivity index (χ4n) is 3.34. The first-order valence-corrected chi connectivity index (χ1v) is 10.3. The van der Waals surface area contributed by atoms with Gasteiger partial charge in [0.15, 0.2) is 5.75 Å². The highest BCUT2D eigenvalue weighted by Gasteiger charge is 2.17. The molecular weight excluding hydrogens is 437 g/mol. The average Bonchev–Trinajstić information content (AvgIpc) is 3.19. The fraction of sp³-hybridized carbons (Fsp3) is 0.125. The second-order valence-electron chi connectivity index (χ2n) is 7.14. The number of halogens is 2. The van der Waals surface area contributed by atoms with Crippen LogP contribution in [0, 0.1) is 0 Å². The molecule has 158 valence electrons. The summed E-state index contributed by atoms with van der Waals surface area (Å²) in [7, 11) is 0. The molecule has 0 bridgehead atoms. The van der Waals surface area contributed by atoms with E-state index in [1.165, 1.54) is 0 Å². The van der Waals surface area contributed by atoms with Gasteiger partial charge in [0, 0.05) is 16.5 Å². The zero-order valence-electron chi connectivity index (χ0n) is 16.3. The largest absolute Gasteiger partial charge is 0.486 e. The number of carboxylic acid groups (broad SMARTS) is 1. The van der Waals surface area contributed by atoms with Gasteiger partial charge in [0.1, 0.15) is 24.0 Å². The number of para-hydroxylation sites is 1. The Kier molecular flexibility index (Phi) is 6.18. The number of ether oxygens (including phenoxy) is 1. The molecule has 0 aliphatic rings. The Labute approximate surface area is 188 Å². The predicted molar refractivity (Wildman–Crippen MR) is 122 cm³/mol. The molecule has 4 aromatic rings. The Hall–Kier alpha value is -2.99. The van der Waals surface area contributed by atoms with Crippen molar-refractivity contribution in [2.45, 2.75) is 19.1 Å².